The highest BCUT2D eigenvalue weighted by molar-refractivity contribution is 7.80. The van der Waals surface area contributed by atoms with Gasteiger partial charge in [-0.2, -0.15) is 4.39 Å². The van der Waals surface area contributed by atoms with Crippen LogP contribution in [0.5, 0.6) is 0 Å². The molecule has 0 heterocycles. The van der Waals surface area contributed by atoms with E-state index in [-0.39, 0.29) is 4.90 Å². The number of nitro groups is 1. The Bertz CT molecular complexity index is 340. The van der Waals surface area contributed by atoms with Crippen molar-refractivity contribution in [3.63, 3.8) is 0 Å². The molecule has 0 aromatic heterocycles. The second kappa shape index (κ2) is 3.10. The minimum Gasteiger partial charge on any atom is -0.258 e. The molecule has 0 saturated heterocycles. The van der Waals surface area contributed by atoms with Gasteiger partial charge in [0.2, 0.25) is 5.82 Å². The van der Waals surface area contributed by atoms with Crippen molar-refractivity contribution in [2.24, 2.45) is 0 Å². The molecule has 1 aromatic carbocycles. The van der Waals surface area contributed by atoms with E-state index in [0.717, 1.165) is 0 Å². The van der Waals surface area contributed by atoms with Crippen molar-refractivity contribution in [1.82, 2.24) is 0 Å². The zero-order chi connectivity index (χ0) is 9.30. The van der Waals surface area contributed by atoms with Crippen LogP contribution in [0, 0.1) is 22.9 Å². The van der Waals surface area contributed by atoms with Gasteiger partial charge in [-0.15, -0.1) is 12.6 Å². The maximum atomic E-state index is 12.9. The van der Waals surface area contributed by atoms with E-state index in [1.807, 2.05) is 0 Å². The van der Waals surface area contributed by atoms with Crippen LogP contribution in [0.3, 0.4) is 0 Å². The van der Waals surface area contributed by atoms with Crippen LogP contribution in [-0.4, -0.2) is 4.92 Å². The van der Waals surface area contributed by atoms with Crippen molar-refractivity contribution in [2.45, 2.75) is 11.8 Å². The van der Waals surface area contributed by atoms with Gasteiger partial charge in [-0.25, -0.2) is 0 Å². The first kappa shape index (κ1) is 8.99. The van der Waals surface area contributed by atoms with E-state index in [1.54, 1.807) is 6.92 Å². The fraction of sp³-hybridized carbons (Fsp3) is 0.143. The van der Waals surface area contributed by atoms with Crippen LogP contribution in [0.15, 0.2) is 17.0 Å². The number of benzene rings is 1. The number of thiol groups is 1. The van der Waals surface area contributed by atoms with Gasteiger partial charge in [0.05, 0.1) is 4.92 Å². The molecular weight excluding hydrogens is 181 g/mol. The standard InChI is InChI=1S/C7H6FNO2S/c1-4-2-5(9(10)11)7(8)6(12)3-4/h2-3,12H,1H3. The molecular formula is C7H6FNO2S. The number of hydrogen-bond acceptors (Lipinski definition) is 3. The molecule has 0 aliphatic carbocycles. The summed E-state index contributed by atoms with van der Waals surface area (Å²) in [6.07, 6.45) is 0. The summed E-state index contributed by atoms with van der Waals surface area (Å²) in [7, 11) is 0. The van der Waals surface area contributed by atoms with Crippen molar-refractivity contribution in [1.29, 1.82) is 0 Å². The molecule has 1 rings (SSSR count). The summed E-state index contributed by atoms with van der Waals surface area (Å²) >= 11 is 3.75. The van der Waals surface area contributed by atoms with Gasteiger partial charge in [0, 0.05) is 11.0 Å². The Morgan fingerprint density at radius 2 is 2.17 bits per heavy atom. The summed E-state index contributed by atoms with van der Waals surface area (Å²) in [5, 5.41) is 10.3. The highest BCUT2D eigenvalue weighted by atomic mass is 32.1. The van der Waals surface area contributed by atoms with Gasteiger partial charge in [-0.05, 0) is 18.6 Å². The molecule has 64 valence electrons. The van der Waals surface area contributed by atoms with Crippen LogP contribution in [0.4, 0.5) is 10.1 Å². The van der Waals surface area contributed by atoms with Gasteiger partial charge in [0.25, 0.3) is 0 Å². The lowest BCUT2D eigenvalue weighted by atomic mass is 10.2. The monoisotopic (exact) mass is 187 g/mol. The summed E-state index contributed by atoms with van der Waals surface area (Å²) < 4.78 is 12.9. The van der Waals surface area contributed by atoms with Gasteiger partial charge < -0.3 is 0 Å². The Kier molecular flexibility index (Phi) is 2.32. The third-order valence-corrected chi connectivity index (χ3v) is 1.70. The average molecular weight is 187 g/mol. The smallest absolute Gasteiger partial charge is 0.258 e. The fourth-order valence-electron chi connectivity index (χ4n) is 0.864. The molecule has 12 heavy (non-hydrogen) atoms. The van der Waals surface area contributed by atoms with E-state index in [1.165, 1.54) is 12.1 Å². The molecule has 0 amide bonds. The Hall–Kier alpha value is -1.10. The molecule has 0 aliphatic heterocycles. The highest BCUT2D eigenvalue weighted by Gasteiger charge is 2.16. The molecule has 0 atom stereocenters. The topological polar surface area (TPSA) is 43.1 Å². The van der Waals surface area contributed by atoms with Crippen LogP contribution in [0.25, 0.3) is 0 Å². The lowest BCUT2D eigenvalue weighted by Crippen LogP contribution is -1.94. The minimum absolute atomic E-state index is 0.00157. The maximum absolute atomic E-state index is 12.9. The van der Waals surface area contributed by atoms with Gasteiger partial charge in [0.15, 0.2) is 0 Å². The predicted molar refractivity (Wildman–Crippen MR) is 45.0 cm³/mol. The van der Waals surface area contributed by atoms with Crippen LogP contribution in [0.1, 0.15) is 5.56 Å². The molecule has 0 unspecified atom stereocenters. The number of aryl methyl sites for hydroxylation is 1. The van der Waals surface area contributed by atoms with E-state index >= 15 is 0 Å². The SMILES string of the molecule is Cc1cc(S)c(F)c([N+](=O)[O-])c1. The van der Waals surface area contributed by atoms with Crippen molar-refractivity contribution < 1.29 is 9.31 Å². The van der Waals surface area contributed by atoms with Gasteiger partial charge in [0.1, 0.15) is 0 Å². The molecule has 0 saturated carbocycles. The maximum Gasteiger partial charge on any atom is 0.306 e. The van der Waals surface area contributed by atoms with Gasteiger partial charge in [-0.3, -0.25) is 10.1 Å². The van der Waals surface area contributed by atoms with E-state index in [0.29, 0.717) is 5.56 Å². The Balaban J connectivity index is 3.37. The third kappa shape index (κ3) is 1.55. The van der Waals surface area contributed by atoms with E-state index in [2.05, 4.69) is 12.6 Å². The third-order valence-electron chi connectivity index (χ3n) is 1.38. The van der Waals surface area contributed by atoms with E-state index < -0.39 is 16.4 Å². The van der Waals surface area contributed by atoms with Crippen LogP contribution in [-0.2, 0) is 0 Å². The van der Waals surface area contributed by atoms with Gasteiger partial charge in [-0.1, -0.05) is 0 Å². The van der Waals surface area contributed by atoms with E-state index in [9.17, 15) is 14.5 Å². The number of halogens is 1. The number of nitro benzene ring substituents is 1. The summed E-state index contributed by atoms with van der Waals surface area (Å²) in [6, 6.07) is 2.61. The van der Waals surface area contributed by atoms with E-state index in [4.69, 9.17) is 0 Å². The number of rotatable bonds is 1. The Morgan fingerprint density at radius 1 is 1.58 bits per heavy atom. The molecule has 5 heteroatoms. The van der Waals surface area contributed by atoms with Crippen molar-refractivity contribution in [3.05, 3.63) is 33.6 Å². The Labute approximate surface area is 73.8 Å². The number of hydrogen-bond donors (Lipinski definition) is 1. The molecule has 0 radical (unpaired) electrons. The van der Waals surface area contributed by atoms with Crippen LogP contribution in [0.2, 0.25) is 0 Å². The first-order chi connectivity index (χ1) is 5.52. The molecule has 0 N–H and O–H groups in total. The fourth-order valence-corrected chi connectivity index (χ4v) is 1.18. The second-order valence-electron chi connectivity index (χ2n) is 2.37. The largest absolute Gasteiger partial charge is 0.306 e. The normalized spacial score (nSPS) is 9.92. The number of nitrogens with zero attached hydrogens (tertiary/aromatic N) is 1. The molecule has 3 nitrogen and oxygen atoms in total. The lowest BCUT2D eigenvalue weighted by molar-refractivity contribution is -0.387. The quantitative estimate of drug-likeness (QED) is 0.416. The summed E-state index contributed by atoms with van der Waals surface area (Å²) in [5.74, 6) is -0.881. The first-order valence-electron chi connectivity index (χ1n) is 3.16. The summed E-state index contributed by atoms with van der Waals surface area (Å²) in [4.78, 5) is 9.50. The lowest BCUT2D eigenvalue weighted by Gasteiger charge is -1.98. The summed E-state index contributed by atoms with van der Waals surface area (Å²) in [6.45, 7) is 1.64. The molecule has 0 fully saturated rings. The Morgan fingerprint density at radius 3 is 2.67 bits per heavy atom. The average Bonchev–Trinajstić information content (AvgIpc) is 1.96. The zero-order valence-electron chi connectivity index (χ0n) is 6.24. The summed E-state index contributed by atoms with van der Waals surface area (Å²) in [5.41, 5.74) is 0.0908. The first-order valence-corrected chi connectivity index (χ1v) is 3.60. The predicted octanol–water partition coefficient (Wildman–Crippen LogP) is 2.33. The minimum atomic E-state index is -0.881. The second-order valence-corrected chi connectivity index (χ2v) is 2.86. The molecule has 1 aromatic rings. The van der Waals surface area contributed by atoms with Crippen LogP contribution >= 0.6 is 12.6 Å². The van der Waals surface area contributed by atoms with Crippen molar-refractivity contribution in [3.8, 4) is 0 Å². The van der Waals surface area contributed by atoms with Crippen LogP contribution < -0.4 is 0 Å². The zero-order valence-corrected chi connectivity index (χ0v) is 7.14. The molecule has 0 bridgehead atoms. The molecule has 0 spiro atoms. The highest BCUT2D eigenvalue weighted by Crippen LogP contribution is 2.24. The van der Waals surface area contributed by atoms with Crippen molar-refractivity contribution >= 4 is 18.3 Å². The van der Waals surface area contributed by atoms with Gasteiger partial charge >= 0.3 is 5.69 Å². The van der Waals surface area contributed by atoms with Crippen molar-refractivity contribution in [2.75, 3.05) is 0 Å². The molecule has 0 aliphatic rings.